The van der Waals surface area contributed by atoms with Gasteiger partial charge in [-0.05, 0) is 43.3 Å². The molecule has 0 saturated carbocycles. The van der Waals surface area contributed by atoms with Crippen molar-refractivity contribution in [1.29, 1.82) is 5.26 Å². The molecule has 0 aliphatic heterocycles. The van der Waals surface area contributed by atoms with Crippen LogP contribution in [-0.2, 0) is 9.53 Å². The Morgan fingerprint density at radius 3 is 2.28 bits per heavy atom. The van der Waals surface area contributed by atoms with Gasteiger partial charge < -0.3 is 24.8 Å². The van der Waals surface area contributed by atoms with Gasteiger partial charge in [-0.25, -0.2) is 4.79 Å². The van der Waals surface area contributed by atoms with E-state index in [2.05, 4.69) is 10.6 Å². The van der Waals surface area contributed by atoms with Gasteiger partial charge >= 0.3 is 5.97 Å². The average Bonchev–Trinajstić information content (AvgIpc) is 2.74. The van der Waals surface area contributed by atoms with Crippen LogP contribution in [0.25, 0.3) is 0 Å². The largest absolute Gasteiger partial charge is 0.493 e. The molecule has 0 aliphatic rings. The van der Waals surface area contributed by atoms with E-state index in [1.165, 1.54) is 32.6 Å². The topological polar surface area (TPSA) is 110 Å². The second-order valence-corrected chi connectivity index (χ2v) is 5.64. The first kappa shape index (κ1) is 21.3. The van der Waals surface area contributed by atoms with Gasteiger partial charge in [0.05, 0.1) is 26.4 Å². The third-order valence-electron chi connectivity index (χ3n) is 3.79. The van der Waals surface area contributed by atoms with Crippen LogP contribution in [0.1, 0.15) is 17.3 Å². The molecular formula is C21H21N3O5. The quantitative estimate of drug-likeness (QED) is 0.401. The summed E-state index contributed by atoms with van der Waals surface area (Å²) in [5, 5.41) is 14.8. The standard InChI is InChI=1S/C21H21N3O5/c1-4-29-21(26)14-5-7-16(8-6-14)24-20(25)15(12-22)13-23-17-9-10-18(27-2)19(11-17)28-3/h5-11,13,23H,4H2,1-3H3,(H,24,25)/b15-13-. The minimum Gasteiger partial charge on any atom is -0.493 e. The number of nitrogens with zero attached hydrogens (tertiary/aromatic N) is 1. The van der Waals surface area contributed by atoms with Gasteiger partial charge in [0.1, 0.15) is 11.6 Å². The lowest BCUT2D eigenvalue weighted by molar-refractivity contribution is -0.112. The second-order valence-electron chi connectivity index (χ2n) is 5.64. The summed E-state index contributed by atoms with van der Waals surface area (Å²) in [6, 6.07) is 13.1. The Kier molecular flexibility index (Phi) is 7.62. The van der Waals surface area contributed by atoms with Crippen LogP contribution in [0, 0.1) is 11.3 Å². The molecule has 2 N–H and O–H groups in total. The molecule has 0 aliphatic carbocycles. The summed E-state index contributed by atoms with van der Waals surface area (Å²) in [5.41, 5.74) is 1.29. The SMILES string of the molecule is CCOC(=O)c1ccc(NC(=O)/C(C#N)=C\Nc2ccc(OC)c(OC)c2)cc1. The highest BCUT2D eigenvalue weighted by Gasteiger charge is 2.11. The molecule has 0 radical (unpaired) electrons. The molecule has 2 aromatic rings. The second kappa shape index (κ2) is 10.4. The van der Waals surface area contributed by atoms with Crippen molar-refractivity contribution in [2.45, 2.75) is 6.92 Å². The Morgan fingerprint density at radius 2 is 1.69 bits per heavy atom. The molecule has 0 atom stereocenters. The minimum atomic E-state index is -0.593. The number of hydrogen-bond donors (Lipinski definition) is 2. The predicted molar refractivity (Wildman–Crippen MR) is 108 cm³/mol. The van der Waals surface area contributed by atoms with Crippen LogP contribution in [0.4, 0.5) is 11.4 Å². The zero-order valence-electron chi connectivity index (χ0n) is 16.3. The van der Waals surface area contributed by atoms with E-state index in [1.807, 2.05) is 6.07 Å². The van der Waals surface area contributed by atoms with Crippen LogP contribution in [-0.4, -0.2) is 32.7 Å². The number of ether oxygens (including phenoxy) is 3. The zero-order valence-corrected chi connectivity index (χ0v) is 16.3. The lowest BCUT2D eigenvalue weighted by atomic mass is 10.2. The maximum absolute atomic E-state index is 12.3. The Labute approximate surface area is 168 Å². The smallest absolute Gasteiger partial charge is 0.338 e. The van der Waals surface area contributed by atoms with Crippen LogP contribution in [0.5, 0.6) is 11.5 Å². The molecule has 0 spiro atoms. The number of esters is 1. The number of rotatable bonds is 8. The summed E-state index contributed by atoms with van der Waals surface area (Å²) >= 11 is 0. The van der Waals surface area contributed by atoms with Gasteiger partial charge in [-0.3, -0.25) is 4.79 Å². The number of anilines is 2. The zero-order chi connectivity index (χ0) is 21.2. The fourth-order valence-electron chi connectivity index (χ4n) is 2.33. The van der Waals surface area contributed by atoms with Crippen molar-refractivity contribution in [2.24, 2.45) is 0 Å². The number of carbonyl (C=O) groups excluding carboxylic acids is 2. The summed E-state index contributed by atoms with van der Waals surface area (Å²) in [6.07, 6.45) is 1.30. The van der Waals surface area contributed by atoms with E-state index in [9.17, 15) is 14.9 Å². The van der Waals surface area contributed by atoms with Crippen LogP contribution < -0.4 is 20.1 Å². The normalized spacial score (nSPS) is 10.5. The van der Waals surface area contributed by atoms with Crippen molar-refractivity contribution >= 4 is 23.3 Å². The predicted octanol–water partition coefficient (Wildman–Crippen LogP) is 3.34. The van der Waals surface area contributed by atoms with Crippen LogP contribution in [0.2, 0.25) is 0 Å². The first-order chi connectivity index (χ1) is 14.0. The van der Waals surface area contributed by atoms with Gasteiger partial charge in [-0.2, -0.15) is 5.26 Å². The van der Waals surface area contributed by atoms with Crippen molar-refractivity contribution in [1.82, 2.24) is 0 Å². The number of nitrogens with one attached hydrogen (secondary N) is 2. The van der Waals surface area contributed by atoms with Crippen molar-refractivity contribution < 1.29 is 23.8 Å². The molecule has 8 nitrogen and oxygen atoms in total. The van der Waals surface area contributed by atoms with Crippen molar-refractivity contribution in [2.75, 3.05) is 31.5 Å². The minimum absolute atomic E-state index is 0.130. The van der Waals surface area contributed by atoms with E-state index in [4.69, 9.17) is 14.2 Å². The van der Waals surface area contributed by atoms with Crippen molar-refractivity contribution in [3.05, 3.63) is 59.8 Å². The van der Waals surface area contributed by atoms with Crippen LogP contribution in [0.15, 0.2) is 54.2 Å². The number of carbonyl (C=O) groups is 2. The first-order valence-corrected chi connectivity index (χ1v) is 8.69. The number of nitriles is 1. The number of amides is 1. The van der Waals surface area contributed by atoms with Gasteiger partial charge in [0, 0.05) is 23.6 Å². The Bertz CT molecular complexity index is 946. The first-order valence-electron chi connectivity index (χ1n) is 8.69. The van der Waals surface area contributed by atoms with Crippen molar-refractivity contribution in [3.63, 3.8) is 0 Å². The molecule has 0 bridgehead atoms. The summed E-state index contributed by atoms with van der Waals surface area (Å²) in [7, 11) is 3.04. The van der Waals surface area contributed by atoms with Crippen molar-refractivity contribution in [3.8, 4) is 17.6 Å². The molecule has 29 heavy (non-hydrogen) atoms. The van der Waals surface area contributed by atoms with Gasteiger partial charge in [0.25, 0.3) is 5.91 Å². The lowest BCUT2D eigenvalue weighted by Crippen LogP contribution is -2.14. The van der Waals surface area contributed by atoms with Crippen LogP contribution in [0.3, 0.4) is 0 Å². The van der Waals surface area contributed by atoms with Gasteiger partial charge in [0.2, 0.25) is 0 Å². The van der Waals surface area contributed by atoms with E-state index < -0.39 is 11.9 Å². The Hall–Kier alpha value is -3.99. The van der Waals surface area contributed by atoms with Crippen LogP contribution >= 0.6 is 0 Å². The van der Waals surface area contributed by atoms with E-state index >= 15 is 0 Å². The highest BCUT2D eigenvalue weighted by Crippen LogP contribution is 2.29. The molecule has 0 aromatic heterocycles. The summed E-state index contributed by atoms with van der Waals surface area (Å²) in [5.74, 6) is 0.0357. The third-order valence-corrected chi connectivity index (χ3v) is 3.79. The molecule has 8 heteroatoms. The fraction of sp³-hybridized carbons (Fsp3) is 0.190. The van der Waals surface area contributed by atoms with Gasteiger partial charge in [0.15, 0.2) is 11.5 Å². The molecule has 0 saturated heterocycles. The number of benzene rings is 2. The average molecular weight is 395 g/mol. The number of hydrogen-bond acceptors (Lipinski definition) is 7. The maximum Gasteiger partial charge on any atom is 0.338 e. The molecule has 2 rings (SSSR count). The van der Waals surface area contributed by atoms with Gasteiger partial charge in [-0.15, -0.1) is 0 Å². The van der Waals surface area contributed by atoms with E-state index in [0.717, 1.165) is 0 Å². The Morgan fingerprint density at radius 1 is 1.03 bits per heavy atom. The highest BCUT2D eigenvalue weighted by atomic mass is 16.5. The maximum atomic E-state index is 12.3. The molecule has 1 amide bonds. The lowest BCUT2D eigenvalue weighted by Gasteiger charge is -2.10. The molecule has 0 unspecified atom stereocenters. The summed E-state index contributed by atoms with van der Waals surface area (Å²) in [6.45, 7) is 2.00. The van der Waals surface area contributed by atoms with E-state index in [-0.39, 0.29) is 12.2 Å². The molecule has 2 aromatic carbocycles. The molecular weight excluding hydrogens is 374 g/mol. The third kappa shape index (κ3) is 5.74. The van der Waals surface area contributed by atoms with Gasteiger partial charge in [-0.1, -0.05) is 0 Å². The highest BCUT2D eigenvalue weighted by molar-refractivity contribution is 6.06. The summed E-state index contributed by atoms with van der Waals surface area (Å²) < 4.78 is 15.3. The Balaban J connectivity index is 2.06. The summed E-state index contributed by atoms with van der Waals surface area (Å²) in [4.78, 5) is 24.0. The molecule has 0 heterocycles. The number of methoxy groups -OCH3 is 2. The van der Waals surface area contributed by atoms with E-state index in [0.29, 0.717) is 28.4 Å². The van der Waals surface area contributed by atoms with E-state index in [1.54, 1.807) is 37.3 Å². The fourth-order valence-corrected chi connectivity index (χ4v) is 2.33. The molecule has 150 valence electrons. The monoisotopic (exact) mass is 395 g/mol. The molecule has 0 fully saturated rings.